The van der Waals surface area contributed by atoms with Gasteiger partial charge in [0.15, 0.2) is 0 Å². The number of nitrogens with zero attached hydrogens (tertiary/aromatic N) is 2. The average Bonchev–Trinajstić information content (AvgIpc) is 2.82. The Morgan fingerprint density at radius 1 is 1.47 bits per heavy atom. The number of hydrogen-bond donors (Lipinski definition) is 1. The van der Waals surface area contributed by atoms with Crippen LogP contribution in [0.5, 0.6) is 0 Å². The molecule has 19 heavy (non-hydrogen) atoms. The van der Waals surface area contributed by atoms with E-state index in [1.54, 1.807) is 12.1 Å². The van der Waals surface area contributed by atoms with Crippen LogP contribution in [0.1, 0.15) is 30.0 Å². The van der Waals surface area contributed by atoms with Gasteiger partial charge in [-0.05, 0) is 19.4 Å². The Morgan fingerprint density at radius 2 is 2.26 bits per heavy atom. The van der Waals surface area contributed by atoms with Crippen molar-refractivity contribution in [3.63, 3.8) is 0 Å². The molecule has 1 unspecified atom stereocenters. The molecular weight excluding hydrogens is 246 g/mol. The molecule has 0 saturated heterocycles. The zero-order valence-corrected chi connectivity index (χ0v) is 10.8. The Morgan fingerprint density at radius 3 is 2.89 bits per heavy atom. The maximum Gasteiger partial charge on any atom is 0.269 e. The maximum atomic E-state index is 10.7. The Bertz CT molecular complexity index is 580. The predicted molar refractivity (Wildman–Crippen MR) is 69.6 cm³/mol. The molecule has 2 rings (SSSR count). The monoisotopic (exact) mass is 261 g/mol. The van der Waals surface area contributed by atoms with Crippen LogP contribution < -0.4 is 5.32 Å². The van der Waals surface area contributed by atoms with Crippen molar-refractivity contribution in [3.8, 4) is 0 Å². The van der Waals surface area contributed by atoms with Gasteiger partial charge in [-0.2, -0.15) is 0 Å². The van der Waals surface area contributed by atoms with Crippen LogP contribution in [0.25, 0.3) is 0 Å². The van der Waals surface area contributed by atoms with E-state index in [9.17, 15) is 10.1 Å². The smallest absolute Gasteiger partial charge is 0.269 e. The van der Waals surface area contributed by atoms with E-state index in [2.05, 4.69) is 10.5 Å². The number of nitro benzene ring substituents is 1. The van der Waals surface area contributed by atoms with Gasteiger partial charge < -0.3 is 9.84 Å². The number of aromatic nitrogens is 1. The molecule has 1 atom stereocenters. The van der Waals surface area contributed by atoms with Gasteiger partial charge in [0.25, 0.3) is 5.69 Å². The molecule has 6 nitrogen and oxygen atoms in total. The van der Waals surface area contributed by atoms with Gasteiger partial charge >= 0.3 is 0 Å². The minimum absolute atomic E-state index is 0.00286. The predicted octanol–water partition coefficient (Wildman–Crippen LogP) is 2.74. The number of nitro groups is 1. The molecule has 0 aliphatic heterocycles. The highest BCUT2D eigenvalue weighted by Crippen LogP contribution is 2.19. The van der Waals surface area contributed by atoms with E-state index < -0.39 is 4.92 Å². The molecule has 6 heteroatoms. The zero-order chi connectivity index (χ0) is 13.8. The number of aryl methyl sites for hydroxylation is 1. The van der Waals surface area contributed by atoms with Crippen LogP contribution >= 0.6 is 0 Å². The average molecular weight is 261 g/mol. The lowest BCUT2D eigenvalue weighted by atomic mass is 10.1. The van der Waals surface area contributed by atoms with E-state index in [-0.39, 0.29) is 11.7 Å². The molecule has 1 N–H and O–H groups in total. The first-order valence-corrected chi connectivity index (χ1v) is 5.96. The summed E-state index contributed by atoms with van der Waals surface area (Å²) < 4.78 is 4.97. The van der Waals surface area contributed by atoms with Crippen LogP contribution in [0.2, 0.25) is 0 Å². The van der Waals surface area contributed by atoms with Gasteiger partial charge in [0.1, 0.15) is 5.76 Å². The minimum Gasteiger partial charge on any atom is -0.361 e. The van der Waals surface area contributed by atoms with Crippen molar-refractivity contribution >= 4 is 5.69 Å². The second-order valence-electron chi connectivity index (χ2n) is 4.38. The third kappa shape index (κ3) is 3.38. The Hall–Kier alpha value is -2.21. The first kappa shape index (κ1) is 13.2. The summed E-state index contributed by atoms with van der Waals surface area (Å²) in [5.41, 5.74) is 1.78. The van der Waals surface area contributed by atoms with Gasteiger partial charge in [-0.15, -0.1) is 0 Å². The fourth-order valence-electron chi connectivity index (χ4n) is 1.78. The molecule has 0 spiro atoms. The van der Waals surface area contributed by atoms with Crippen molar-refractivity contribution in [2.24, 2.45) is 0 Å². The molecule has 0 saturated carbocycles. The Balaban J connectivity index is 2.01. The first-order chi connectivity index (χ1) is 9.06. The standard InChI is InChI=1S/C13H15N3O3/c1-9-6-12(15-19-9)8-14-10(2)11-4-3-5-13(7-11)16(17)18/h3-7,10,14H,8H2,1-2H3. The van der Waals surface area contributed by atoms with E-state index in [4.69, 9.17) is 4.52 Å². The molecule has 0 amide bonds. The van der Waals surface area contributed by atoms with Crippen LogP contribution in [0, 0.1) is 17.0 Å². The van der Waals surface area contributed by atoms with E-state index in [1.807, 2.05) is 26.0 Å². The Kier molecular flexibility index (Phi) is 3.91. The highest BCUT2D eigenvalue weighted by atomic mass is 16.6. The fourth-order valence-corrected chi connectivity index (χ4v) is 1.78. The minimum atomic E-state index is -0.392. The number of hydrogen-bond acceptors (Lipinski definition) is 5. The quantitative estimate of drug-likeness (QED) is 0.661. The topological polar surface area (TPSA) is 81.2 Å². The van der Waals surface area contributed by atoms with Gasteiger partial charge in [-0.1, -0.05) is 17.3 Å². The van der Waals surface area contributed by atoms with E-state index >= 15 is 0 Å². The van der Waals surface area contributed by atoms with Gasteiger partial charge in [0.05, 0.1) is 10.6 Å². The normalized spacial score (nSPS) is 12.3. The molecule has 100 valence electrons. The molecule has 2 aromatic rings. The second-order valence-corrected chi connectivity index (χ2v) is 4.38. The second kappa shape index (κ2) is 5.62. The van der Waals surface area contributed by atoms with Crippen molar-refractivity contribution in [2.45, 2.75) is 26.4 Å². The highest BCUT2D eigenvalue weighted by Gasteiger charge is 2.11. The fraction of sp³-hybridized carbons (Fsp3) is 0.308. The largest absolute Gasteiger partial charge is 0.361 e. The van der Waals surface area contributed by atoms with Crippen molar-refractivity contribution < 1.29 is 9.45 Å². The molecule has 0 bridgehead atoms. The summed E-state index contributed by atoms with van der Waals surface area (Å²) in [4.78, 5) is 10.3. The third-order valence-electron chi connectivity index (χ3n) is 2.85. The summed E-state index contributed by atoms with van der Waals surface area (Å²) in [6, 6.07) is 8.46. The van der Waals surface area contributed by atoms with Crippen LogP contribution in [-0.4, -0.2) is 10.1 Å². The number of non-ortho nitro benzene ring substituents is 1. The lowest BCUT2D eigenvalue weighted by Gasteiger charge is -2.12. The summed E-state index contributed by atoms with van der Waals surface area (Å²) in [5, 5.41) is 17.9. The lowest BCUT2D eigenvalue weighted by molar-refractivity contribution is -0.384. The number of rotatable bonds is 5. The van der Waals surface area contributed by atoms with Gasteiger partial charge in [-0.3, -0.25) is 10.1 Å². The van der Waals surface area contributed by atoms with Crippen LogP contribution in [0.4, 0.5) is 5.69 Å². The van der Waals surface area contributed by atoms with Crippen molar-refractivity contribution in [1.82, 2.24) is 10.5 Å². The molecular formula is C13H15N3O3. The molecule has 0 aliphatic rings. The van der Waals surface area contributed by atoms with Crippen LogP contribution in [0.3, 0.4) is 0 Å². The van der Waals surface area contributed by atoms with E-state index in [1.165, 1.54) is 6.07 Å². The Labute approximate surface area is 110 Å². The molecule has 0 fully saturated rings. The van der Waals surface area contributed by atoms with Crippen LogP contribution in [-0.2, 0) is 6.54 Å². The summed E-state index contributed by atoms with van der Waals surface area (Å²) in [5.74, 6) is 0.764. The van der Waals surface area contributed by atoms with Crippen molar-refractivity contribution in [1.29, 1.82) is 0 Å². The number of nitrogens with one attached hydrogen (secondary N) is 1. The summed E-state index contributed by atoms with van der Waals surface area (Å²) in [7, 11) is 0. The summed E-state index contributed by atoms with van der Waals surface area (Å²) in [6.45, 7) is 4.34. The first-order valence-electron chi connectivity index (χ1n) is 5.96. The SMILES string of the molecule is Cc1cc(CNC(C)c2cccc([N+](=O)[O-])c2)no1. The third-order valence-corrected chi connectivity index (χ3v) is 2.85. The molecule has 0 aliphatic carbocycles. The molecule has 1 aromatic carbocycles. The lowest BCUT2D eigenvalue weighted by Crippen LogP contribution is -2.18. The van der Waals surface area contributed by atoms with E-state index in [0.717, 1.165) is 17.0 Å². The maximum absolute atomic E-state index is 10.7. The summed E-state index contributed by atoms with van der Waals surface area (Å²) >= 11 is 0. The molecule has 1 heterocycles. The molecule has 0 radical (unpaired) electrons. The van der Waals surface area contributed by atoms with E-state index in [0.29, 0.717) is 6.54 Å². The molecule has 1 aromatic heterocycles. The van der Waals surface area contributed by atoms with Gasteiger partial charge in [-0.25, -0.2) is 0 Å². The zero-order valence-electron chi connectivity index (χ0n) is 10.8. The highest BCUT2D eigenvalue weighted by molar-refractivity contribution is 5.35. The van der Waals surface area contributed by atoms with Crippen molar-refractivity contribution in [2.75, 3.05) is 0 Å². The van der Waals surface area contributed by atoms with Crippen molar-refractivity contribution in [3.05, 3.63) is 57.5 Å². The van der Waals surface area contributed by atoms with Gasteiger partial charge in [0.2, 0.25) is 0 Å². The van der Waals surface area contributed by atoms with Gasteiger partial charge in [0, 0.05) is 30.8 Å². The summed E-state index contributed by atoms with van der Waals surface area (Å²) in [6.07, 6.45) is 0. The van der Waals surface area contributed by atoms with Crippen LogP contribution in [0.15, 0.2) is 34.9 Å². The number of benzene rings is 1.